The molecule has 0 amide bonds. The molecule has 5 heteroatoms. The molecule has 1 aromatic heterocycles. The summed E-state index contributed by atoms with van der Waals surface area (Å²) in [4.78, 5) is 15.8. The van der Waals surface area contributed by atoms with Gasteiger partial charge < -0.3 is 4.74 Å². The van der Waals surface area contributed by atoms with Gasteiger partial charge in [-0.1, -0.05) is 23.7 Å². The molecule has 0 saturated heterocycles. The van der Waals surface area contributed by atoms with E-state index in [9.17, 15) is 4.79 Å². The van der Waals surface area contributed by atoms with Crippen molar-refractivity contribution in [3.63, 3.8) is 0 Å². The third kappa shape index (κ3) is 2.98. The van der Waals surface area contributed by atoms with E-state index in [1.165, 1.54) is 17.6 Å². The van der Waals surface area contributed by atoms with Gasteiger partial charge in [0.25, 0.3) is 0 Å². The minimum absolute atomic E-state index is 0.226. The second-order valence-electron chi connectivity index (χ2n) is 5.07. The lowest BCUT2D eigenvalue weighted by Gasteiger charge is -2.33. The number of benzene rings is 1. The molecule has 0 N–H and O–H groups in total. The van der Waals surface area contributed by atoms with Crippen LogP contribution in [-0.4, -0.2) is 24.5 Å². The molecule has 1 aliphatic rings. The van der Waals surface area contributed by atoms with Crippen molar-refractivity contribution in [3.05, 3.63) is 56.7 Å². The zero-order chi connectivity index (χ0) is 14.8. The van der Waals surface area contributed by atoms with Gasteiger partial charge in [0, 0.05) is 23.0 Å². The van der Waals surface area contributed by atoms with Crippen LogP contribution in [-0.2, 0) is 22.5 Å². The molecular weight excluding hydrogens is 306 g/mol. The fourth-order valence-corrected chi connectivity index (χ4v) is 3.76. The van der Waals surface area contributed by atoms with Crippen LogP contribution in [0.5, 0.6) is 0 Å². The van der Waals surface area contributed by atoms with Crippen LogP contribution in [0.2, 0.25) is 5.02 Å². The highest BCUT2D eigenvalue weighted by atomic mass is 35.5. The molecule has 3 rings (SSSR count). The van der Waals surface area contributed by atoms with E-state index >= 15 is 0 Å². The lowest BCUT2D eigenvalue weighted by atomic mass is 10.0. The molecule has 110 valence electrons. The Balaban J connectivity index is 1.90. The van der Waals surface area contributed by atoms with Crippen molar-refractivity contribution >= 4 is 28.9 Å². The van der Waals surface area contributed by atoms with Gasteiger partial charge in [-0.15, -0.1) is 11.3 Å². The predicted molar refractivity (Wildman–Crippen MR) is 84.6 cm³/mol. The number of fused-ring (bicyclic) bond motifs is 1. The first-order chi connectivity index (χ1) is 10.2. The third-order valence-electron chi connectivity index (χ3n) is 3.81. The fraction of sp³-hybridized carbons (Fsp3) is 0.312. The van der Waals surface area contributed by atoms with Crippen LogP contribution in [0.1, 0.15) is 22.0 Å². The summed E-state index contributed by atoms with van der Waals surface area (Å²) in [7, 11) is 1.44. The van der Waals surface area contributed by atoms with Crippen molar-refractivity contribution < 1.29 is 9.53 Å². The maximum Gasteiger partial charge on any atom is 0.327 e. The summed E-state index contributed by atoms with van der Waals surface area (Å²) in [5.74, 6) is -0.226. The van der Waals surface area contributed by atoms with Crippen molar-refractivity contribution in [1.29, 1.82) is 0 Å². The van der Waals surface area contributed by atoms with Gasteiger partial charge in [0.2, 0.25) is 0 Å². The number of methoxy groups -OCH3 is 1. The van der Waals surface area contributed by atoms with Crippen LogP contribution in [0.15, 0.2) is 35.7 Å². The molecule has 21 heavy (non-hydrogen) atoms. The van der Waals surface area contributed by atoms with Crippen LogP contribution in [0.3, 0.4) is 0 Å². The monoisotopic (exact) mass is 321 g/mol. The average molecular weight is 322 g/mol. The van der Waals surface area contributed by atoms with E-state index in [1.807, 2.05) is 24.3 Å². The maximum atomic E-state index is 12.3. The van der Waals surface area contributed by atoms with E-state index in [1.54, 1.807) is 11.3 Å². The number of ether oxygens (including phenoxy) is 1. The Morgan fingerprint density at radius 2 is 2.10 bits per heavy atom. The lowest BCUT2D eigenvalue weighted by Crippen LogP contribution is -2.38. The Bertz CT molecular complexity index is 638. The van der Waals surface area contributed by atoms with E-state index in [4.69, 9.17) is 16.3 Å². The number of esters is 1. The number of hydrogen-bond donors (Lipinski definition) is 0. The lowest BCUT2D eigenvalue weighted by molar-refractivity contribution is -0.147. The molecule has 0 spiro atoms. The molecule has 2 heterocycles. The van der Waals surface area contributed by atoms with Gasteiger partial charge in [0.15, 0.2) is 0 Å². The summed E-state index contributed by atoms with van der Waals surface area (Å²) in [6.45, 7) is 1.64. The molecule has 1 atom stereocenters. The molecule has 0 aliphatic carbocycles. The van der Waals surface area contributed by atoms with Crippen molar-refractivity contribution in [2.24, 2.45) is 0 Å². The molecule has 0 saturated carbocycles. The second kappa shape index (κ2) is 6.18. The summed E-state index contributed by atoms with van der Waals surface area (Å²) in [6.07, 6.45) is 0.980. The molecule has 0 radical (unpaired) electrons. The topological polar surface area (TPSA) is 29.5 Å². The van der Waals surface area contributed by atoms with Gasteiger partial charge in [0.05, 0.1) is 7.11 Å². The van der Waals surface area contributed by atoms with E-state index in [0.717, 1.165) is 25.1 Å². The van der Waals surface area contributed by atoms with Gasteiger partial charge >= 0.3 is 5.97 Å². The number of nitrogens with zero attached hydrogens (tertiary/aromatic N) is 1. The number of carbonyl (C=O) groups excluding carboxylic acids is 1. The Kier molecular flexibility index (Phi) is 4.29. The normalized spacial score (nSPS) is 16.3. The summed E-state index contributed by atoms with van der Waals surface area (Å²) in [6, 6.07) is 9.18. The first-order valence-corrected chi connectivity index (χ1v) is 8.07. The largest absolute Gasteiger partial charge is 0.468 e. The Hall–Kier alpha value is -1.36. The molecule has 1 unspecified atom stereocenters. The van der Waals surface area contributed by atoms with Crippen molar-refractivity contribution in [2.75, 3.05) is 13.7 Å². The Morgan fingerprint density at radius 1 is 1.33 bits per heavy atom. The van der Waals surface area contributed by atoms with E-state index in [0.29, 0.717) is 5.02 Å². The van der Waals surface area contributed by atoms with Gasteiger partial charge in [-0.2, -0.15) is 0 Å². The van der Waals surface area contributed by atoms with Crippen LogP contribution in [0.4, 0.5) is 0 Å². The first-order valence-electron chi connectivity index (χ1n) is 6.81. The summed E-state index contributed by atoms with van der Waals surface area (Å²) < 4.78 is 5.01. The minimum atomic E-state index is -0.375. The van der Waals surface area contributed by atoms with E-state index < -0.39 is 0 Å². The minimum Gasteiger partial charge on any atom is -0.468 e. The van der Waals surface area contributed by atoms with Crippen molar-refractivity contribution in [3.8, 4) is 0 Å². The van der Waals surface area contributed by atoms with Crippen LogP contribution in [0, 0.1) is 0 Å². The smallest absolute Gasteiger partial charge is 0.327 e. The van der Waals surface area contributed by atoms with Crippen molar-refractivity contribution in [2.45, 2.75) is 19.0 Å². The molecule has 2 aromatic rings. The molecule has 0 fully saturated rings. The number of thiophene rings is 1. The molecule has 1 aliphatic heterocycles. The number of rotatable bonds is 3. The SMILES string of the molecule is COC(=O)C(c1ccc(Cl)cc1)N1CCc2sccc2C1. The van der Waals surface area contributed by atoms with Gasteiger partial charge in [-0.05, 0) is 41.1 Å². The highest BCUT2D eigenvalue weighted by Gasteiger charge is 2.31. The number of carbonyl (C=O) groups is 1. The van der Waals surface area contributed by atoms with E-state index in [-0.39, 0.29) is 12.0 Å². The fourth-order valence-electron chi connectivity index (χ4n) is 2.74. The van der Waals surface area contributed by atoms with Gasteiger partial charge in [-0.25, -0.2) is 4.79 Å². The standard InChI is InChI=1S/C16H16ClNO2S/c1-20-16(19)15(11-2-4-13(17)5-3-11)18-8-6-14-12(10-18)7-9-21-14/h2-5,7,9,15H,6,8,10H2,1H3. The maximum absolute atomic E-state index is 12.3. The zero-order valence-corrected chi connectivity index (χ0v) is 13.3. The van der Waals surface area contributed by atoms with E-state index in [2.05, 4.69) is 16.3 Å². The molecule has 0 bridgehead atoms. The highest BCUT2D eigenvalue weighted by Crippen LogP contribution is 2.31. The predicted octanol–water partition coefficient (Wildman–Crippen LogP) is 3.67. The average Bonchev–Trinajstić information content (AvgIpc) is 2.97. The molecule has 3 nitrogen and oxygen atoms in total. The van der Waals surface area contributed by atoms with Gasteiger partial charge in [-0.3, -0.25) is 4.90 Å². The van der Waals surface area contributed by atoms with Crippen molar-refractivity contribution in [1.82, 2.24) is 4.90 Å². The summed E-state index contributed by atoms with van der Waals surface area (Å²) >= 11 is 7.73. The van der Waals surface area contributed by atoms with Crippen LogP contribution >= 0.6 is 22.9 Å². The number of halogens is 1. The second-order valence-corrected chi connectivity index (χ2v) is 6.50. The third-order valence-corrected chi connectivity index (χ3v) is 5.09. The number of hydrogen-bond acceptors (Lipinski definition) is 4. The highest BCUT2D eigenvalue weighted by molar-refractivity contribution is 7.10. The van der Waals surface area contributed by atoms with Crippen LogP contribution in [0.25, 0.3) is 0 Å². The summed E-state index contributed by atoms with van der Waals surface area (Å²) in [5.41, 5.74) is 2.24. The molecular formula is C16H16ClNO2S. The van der Waals surface area contributed by atoms with Crippen LogP contribution < -0.4 is 0 Å². The Labute approximate surface area is 133 Å². The first kappa shape index (κ1) is 14.6. The summed E-state index contributed by atoms with van der Waals surface area (Å²) in [5, 5.41) is 2.78. The van der Waals surface area contributed by atoms with Gasteiger partial charge in [0.1, 0.15) is 6.04 Å². The quantitative estimate of drug-likeness (QED) is 0.808. The molecule has 1 aromatic carbocycles. The Morgan fingerprint density at radius 3 is 2.81 bits per heavy atom. The zero-order valence-electron chi connectivity index (χ0n) is 11.7.